The maximum absolute atomic E-state index is 13.7. The molecule has 36 heavy (non-hydrogen) atoms. The lowest BCUT2D eigenvalue weighted by Gasteiger charge is -2.34. The predicted molar refractivity (Wildman–Crippen MR) is 144 cm³/mol. The summed E-state index contributed by atoms with van der Waals surface area (Å²) in [7, 11) is -2.39. The van der Waals surface area contributed by atoms with E-state index < -0.39 is 34.1 Å². The van der Waals surface area contributed by atoms with Crippen molar-refractivity contribution in [2.24, 2.45) is 0 Å². The minimum Gasteiger partial charge on any atom is -0.495 e. The molecule has 198 valence electrons. The van der Waals surface area contributed by atoms with E-state index in [2.05, 4.69) is 5.32 Å². The van der Waals surface area contributed by atoms with E-state index in [4.69, 9.17) is 16.3 Å². The van der Waals surface area contributed by atoms with Gasteiger partial charge in [-0.25, -0.2) is 8.42 Å². The first kappa shape index (κ1) is 29.5. The number of benzene rings is 2. The number of sulfonamides is 1. The summed E-state index contributed by atoms with van der Waals surface area (Å²) in [6.45, 7) is 7.20. The summed E-state index contributed by atoms with van der Waals surface area (Å²) in [5.74, 6) is -0.390. The zero-order valence-corrected chi connectivity index (χ0v) is 23.3. The highest BCUT2D eigenvalue weighted by Gasteiger charge is 2.32. The van der Waals surface area contributed by atoms with Gasteiger partial charge in [0, 0.05) is 12.1 Å². The molecule has 0 saturated carbocycles. The van der Waals surface area contributed by atoms with Gasteiger partial charge in [0.05, 0.1) is 24.1 Å². The van der Waals surface area contributed by atoms with Crippen molar-refractivity contribution >= 4 is 39.1 Å². The summed E-state index contributed by atoms with van der Waals surface area (Å²) in [4.78, 5) is 28.3. The van der Waals surface area contributed by atoms with Crippen molar-refractivity contribution in [1.82, 2.24) is 10.2 Å². The second-order valence-corrected chi connectivity index (χ2v) is 11.9. The van der Waals surface area contributed by atoms with E-state index in [0.717, 1.165) is 16.1 Å². The van der Waals surface area contributed by atoms with E-state index in [1.807, 2.05) is 58.0 Å². The summed E-state index contributed by atoms with van der Waals surface area (Å²) in [5.41, 5.74) is 0.743. The van der Waals surface area contributed by atoms with E-state index in [1.165, 1.54) is 24.1 Å². The number of ether oxygens (including phenoxy) is 1. The van der Waals surface area contributed by atoms with Crippen molar-refractivity contribution in [2.45, 2.75) is 52.1 Å². The molecule has 0 saturated heterocycles. The van der Waals surface area contributed by atoms with E-state index in [1.54, 1.807) is 6.07 Å². The number of nitrogens with zero attached hydrogens (tertiary/aromatic N) is 2. The summed E-state index contributed by atoms with van der Waals surface area (Å²) in [5, 5.41) is 3.16. The van der Waals surface area contributed by atoms with Gasteiger partial charge >= 0.3 is 0 Å². The SMILES string of the molecule is CC[C@H](C(=O)NC(C)(C)C)N(CCc1ccccc1)C(=O)CN(c1ccc(OC)c(Cl)c1)S(C)(=O)=O. The lowest BCUT2D eigenvalue weighted by Crippen LogP contribution is -2.56. The average molecular weight is 538 g/mol. The van der Waals surface area contributed by atoms with E-state index in [9.17, 15) is 18.0 Å². The van der Waals surface area contributed by atoms with Gasteiger partial charge in [0.15, 0.2) is 0 Å². The monoisotopic (exact) mass is 537 g/mol. The summed E-state index contributed by atoms with van der Waals surface area (Å²) in [6, 6.07) is 13.3. The minimum absolute atomic E-state index is 0.216. The Bertz CT molecular complexity index is 1150. The molecule has 2 aromatic carbocycles. The van der Waals surface area contributed by atoms with Crippen molar-refractivity contribution in [3.05, 3.63) is 59.1 Å². The Hall–Kier alpha value is -2.78. The van der Waals surface area contributed by atoms with Crippen molar-refractivity contribution < 1.29 is 22.7 Å². The molecule has 1 N–H and O–H groups in total. The molecule has 2 amide bonds. The van der Waals surface area contributed by atoms with Crippen LogP contribution >= 0.6 is 11.6 Å². The van der Waals surface area contributed by atoms with Gasteiger partial charge in [-0.3, -0.25) is 13.9 Å². The number of carbonyl (C=O) groups is 2. The first-order valence-electron chi connectivity index (χ1n) is 11.7. The zero-order chi connectivity index (χ0) is 27.1. The maximum Gasteiger partial charge on any atom is 0.244 e. The largest absolute Gasteiger partial charge is 0.495 e. The van der Waals surface area contributed by atoms with Crippen LogP contribution in [0, 0.1) is 0 Å². The third-order valence-electron chi connectivity index (χ3n) is 5.47. The van der Waals surface area contributed by atoms with Crippen LogP contribution in [0.4, 0.5) is 5.69 Å². The minimum atomic E-state index is -3.85. The Balaban J connectivity index is 2.41. The van der Waals surface area contributed by atoms with Gasteiger partial charge in [0.2, 0.25) is 21.8 Å². The van der Waals surface area contributed by atoms with Crippen LogP contribution in [0.5, 0.6) is 5.75 Å². The molecule has 0 aliphatic heterocycles. The molecule has 1 atom stereocenters. The van der Waals surface area contributed by atoms with Gasteiger partial charge in [-0.05, 0) is 57.4 Å². The van der Waals surface area contributed by atoms with Crippen LogP contribution in [0.25, 0.3) is 0 Å². The van der Waals surface area contributed by atoms with Crippen LogP contribution < -0.4 is 14.4 Å². The quantitative estimate of drug-likeness (QED) is 0.469. The topological polar surface area (TPSA) is 96.0 Å². The number of rotatable bonds is 11. The number of amides is 2. The standard InChI is InChI=1S/C26H36ClN3O5S/c1-7-22(25(32)28-26(2,3)4)29(16-15-19-11-9-8-10-12-19)24(31)18-30(36(6,33)34)20-13-14-23(35-5)21(27)17-20/h8-14,17,22H,7,15-16,18H2,1-6H3,(H,28,32)/t22-/m1/s1. The van der Waals surface area contributed by atoms with Gasteiger partial charge < -0.3 is 15.0 Å². The third-order valence-corrected chi connectivity index (χ3v) is 6.91. The van der Waals surface area contributed by atoms with Crippen molar-refractivity contribution in [1.29, 1.82) is 0 Å². The van der Waals surface area contributed by atoms with Crippen molar-refractivity contribution in [3.8, 4) is 5.75 Å². The molecule has 0 spiro atoms. The van der Waals surface area contributed by atoms with Gasteiger partial charge in [0.25, 0.3) is 0 Å². The molecule has 0 radical (unpaired) electrons. The molecule has 0 bridgehead atoms. The van der Waals surface area contributed by atoms with Crippen LogP contribution in [0.15, 0.2) is 48.5 Å². The van der Waals surface area contributed by atoms with Gasteiger partial charge in [-0.15, -0.1) is 0 Å². The Morgan fingerprint density at radius 3 is 2.25 bits per heavy atom. The molecule has 0 unspecified atom stereocenters. The van der Waals surface area contributed by atoms with Crippen molar-refractivity contribution in [2.75, 3.05) is 30.8 Å². The fourth-order valence-electron chi connectivity index (χ4n) is 3.77. The van der Waals surface area contributed by atoms with Gasteiger partial charge in [0.1, 0.15) is 18.3 Å². The van der Waals surface area contributed by atoms with E-state index in [-0.39, 0.29) is 23.2 Å². The fraction of sp³-hybridized carbons (Fsp3) is 0.462. The number of halogens is 1. The summed E-state index contributed by atoms with van der Waals surface area (Å²) in [6.07, 6.45) is 1.91. The molecule has 0 heterocycles. The molecular weight excluding hydrogens is 502 g/mol. The average Bonchev–Trinajstić information content (AvgIpc) is 2.78. The Morgan fingerprint density at radius 2 is 1.75 bits per heavy atom. The number of methoxy groups -OCH3 is 1. The smallest absolute Gasteiger partial charge is 0.244 e. The number of hydrogen-bond donors (Lipinski definition) is 1. The van der Waals surface area contributed by atoms with Crippen LogP contribution in [-0.2, 0) is 26.0 Å². The van der Waals surface area contributed by atoms with Crippen LogP contribution in [0.2, 0.25) is 5.02 Å². The first-order valence-corrected chi connectivity index (χ1v) is 14.0. The summed E-state index contributed by atoms with van der Waals surface area (Å²) < 4.78 is 31.5. The molecule has 0 fully saturated rings. The molecule has 8 nitrogen and oxygen atoms in total. The zero-order valence-electron chi connectivity index (χ0n) is 21.7. The second kappa shape index (κ2) is 12.5. The highest BCUT2D eigenvalue weighted by Crippen LogP contribution is 2.30. The van der Waals surface area contributed by atoms with Gasteiger partial charge in [-0.1, -0.05) is 48.9 Å². The number of nitrogens with one attached hydrogen (secondary N) is 1. The van der Waals surface area contributed by atoms with E-state index >= 15 is 0 Å². The predicted octanol–water partition coefficient (Wildman–Crippen LogP) is 3.88. The third kappa shape index (κ3) is 8.41. The Morgan fingerprint density at radius 1 is 1.11 bits per heavy atom. The molecular formula is C26H36ClN3O5S. The van der Waals surface area contributed by atoms with Crippen molar-refractivity contribution in [3.63, 3.8) is 0 Å². The maximum atomic E-state index is 13.7. The number of carbonyl (C=O) groups excluding carboxylic acids is 2. The van der Waals surface area contributed by atoms with Crippen LogP contribution in [0.1, 0.15) is 39.7 Å². The number of hydrogen-bond acceptors (Lipinski definition) is 5. The highest BCUT2D eigenvalue weighted by molar-refractivity contribution is 7.92. The Labute approximate surface area is 219 Å². The second-order valence-electron chi connectivity index (χ2n) is 9.57. The van der Waals surface area contributed by atoms with E-state index in [0.29, 0.717) is 18.6 Å². The summed E-state index contributed by atoms with van der Waals surface area (Å²) >= 11 is 6.22. The normalized spacial score (nSPS) is 12.5. The Kier molecular flexibility index (Phi) is 10.2. The van der Waals surface area contributed by atoms with Gasteiger partial charge in [-0.2, -0.15) is 0 Å². The van der Waals surface area contributed by atoms with Crippen LogP contribution in [-0.4, -0.2) is 63.2 Å². The fourth-order valence-corrected chi connectivity index (χ4v) is 4.87. The molecule has 2 aromatic rings. The molecule has 10 heteroatoms. The first-order chi connectivity index (χ1) is 16.8. The number of anilines is 1. The lowest BCUT2D eigenvalue weighted by molar-refractivity contribution is -0.140. The van der Waals surface area contributed by atoms with Crippen LogP contribution in [0.3, 0.4) is 0 Å². The lowest BCUT2D eigenvalue weighted by atomic mass is 10.1. The molecule has 0 aromatic heterocycles. The highest BCUT2D eigenvalue weighted by atomic mass is 35.5. The molecule has 0 aliphatic carbocycles. The molecule has 2 rings (SSSR count). The molecule has 0 aliphatic rings.